The number of hydrogen-bond donors (Lipinski definition) is 1. The Hall–Kier alpha value is -2.46. The van der Waals surface area contributed by atoms with Gasteiger partial charge in [-0.1, -0.05) is 29.3 Å². The standard InChI is InChI=1S/C22H21Cl2N5O3S/c1-28-11-20(27-13-28)33(31,32)29-9-15-16(10-29)22(15,19-4-2-3-7-25-19)12-26-21(30)14-5-6-17(23)18(24)8-14/h2-8,11,13,15-16H,9-10,12H2,1H3,(H,26,30). The molecule has 1 saturated heterocycles. The molecule has 5 rings (SSSR count). The molecule has 172 valence electrons. The predicted octanol–water partition coefficient (Wildman–Crippen LogP) is 2.74. The van der Waals surface area contributed by atoms with Gasteiger partial charge in [-0.2, -0.15) is 4.31 Å². The minimum absolute atomic E-state index is 0.0417. The van der Waals surface area contributed by atoms with E-state index in [9.17, 15) is 13.2 Å². The normalized spacial score (nSPS) is 24.5. The van der Waals surface area contributed by atoms with Crippen LogP contribution < -0.4 is 5.32 Å². The third-order valence-electron chi connectivity index (χ3n) is 6.65. The third-order valence-corrected chi connectivity index (χ3v) is 9.11. The molecular formula is C22H21Cl2N5O3S. The lowest BCUT2D eigenvalue weighted by Gasteiger charge is -2.26. The average molecular weight is 506 g/mol. The van der Waals surface area contributed by atoms with Gasteiger partial charge in [0, 0.05) is 55.7 Å². The molecule has 1 N–H and O–H groups in total. The maximum Gasteiger partial charge on any atom is 0.262 e. The Balaban J connectivity index is 1.36. The first-order valence-electron chi connectivity index (χ1n) is 10.4. The van der Waals surface area contributed by atoms with Crippen molar-refractivity contribution in [3.8, 4) is 0 Å². The molecule has 2 atom stereocenters. The number of nitrogens with one attached hydrogen (secondary N) is 1. The summed E-state index contributed by atoms with van der Waals surface area (Å²) in [5, 5.41) is 3.73. The number of aryl methyl sites for hydroxylation is 1. The summed E-state index contributed by atoms with van der Waals surface area (Å²) in [6, 6.07) is 10.4. The van der Waals surface area contributed by atoms with Crippen LogP contribution >= 0.6 is 23.2 Å². The van der Waals surface area contributed by atoms with Crippen LogP contribution in [0.15, 0.2) is 60.1 Å². The molecule has 2 aromatic heterocycles. The number of imidazole rings is 1. The topological polar surface area (TPSA) is 97.2 Å². The van der Waals surface area contributed by atoms with Crippen LogP contribution in [0.1, 0.15) is 16.1 Å². The molecule has 1 amide bonds. The van der Waals surface area contributed by atoms with Crippen LogP contribution in [0.2, 0.25) is 10.0 Å². The van der Waals surface area contributed by atoms with Gasteiger partial charge in [0.1, 0.15) is 0 Å². The fourth-order valence-electron chi connectivity index (χ4n) is 4.89. The van der Waals surface area contributed by atoms with Gasteiger partial charge in [0.05, 0.1) is 16.4 Å². The number of benzene rings is 1. The number of sulfonamides is 1. The fourth-order valence-corrected chi connectivity index (χ4v) is 6.64. The zero-order chi connectivity index (χ0) is 23.4. The number of aromatic nitrogens is 3. The van der Waals surface area contributed by atoms with E-state index in [0.717, 1.165) is 5.69 Å². The van der Waals surface area contributed by atoms with Crippen LogP contribution in [-0.2, 0) is 22.5 Å². The molecule has 2 fully saturated rings. The molecule has 3 heterocycles. The molecule has 1 saturated carbocycles. The van der Waals surface area contributed by atoms with Gasteiger partial charge in [-0.3, -0.25) is 9.78 Å². The molecule has 0 spiro atoms. The van der Waals surface area contributed by atoms with E-state index in [1.165, 1.54) is 22.9 Å². The van der Waals surface area contributed by atoms with Gasteiger partial charge in [-0.25, -0.2) is 13.4 Å². The lowest BCUT2D eigenvalue weighted by molar-refractivity contribution is 0.0946. The fraction of sp³-hybridized carbons (Fsp3) is 0.318. The monoisotopic (exact) mass is 505 g/mol. The molecule has 8 nitrogen and oxygen atoms in total. The molecule has 1 aliphatic heterocycles. The highest BCUT2D eigenvalue weighted by atomic mass is 35.5. The molecule has 0 bridgehead atoms. The zero-order valence-electron chi connectivity index (χ0n) is 17.6. The number of carbonyl (C=O) groups excluding carboxylic acids is 1. The van der Waals surface area contributed by atoms with Gasteiger partial charge in [-0.15, -0.1) is 0 Å². The largest absolute Gasteiger partial charge is 0.351 e. The van der Waals surface area contributed by atoms with Crippen LogP contribution in [0.3, 0.4) is 0 Å². The molecule has 1 aliphatic carbocycles. The van der Waals surface area contributed by atoms with E-state index in [2.05, 4.69) is 15.3 Å². The highest BCUT2D eigenvalue weighted by molar-refractivity contribution is 7.89. The van der Waals surface area contributed by atoms with Crippen LogP contribution in [0.5, 0.6) is 0 Å². The van der Waals surface area contributed by atoms with Crippen LogP contribution in [0, 0.1) is 11.8 Å². The summed E-state index contributed by atoms with van der Waals surface area (Å²) in [4.78, 5) is 21.4. The lowest BCUT2D eigenvalue weighted by atomic mass is 9.94. The van der Waals surface area contributed by atoms with Crippen molar-refractivity contribution in [2.24, 2.45) is 18.9 Å². The van der Waals surface area contributed by atoms with Crippen molar-refractivity contribution < 1.29 is 13.2 Å². The van der Waals surface area contributed by atoms with E-state index in [1.54, 1.807) is 29.9 Å². The Morgan fingerprint density at radius 3 is 2.52 bits per heavy atom. The number of amides is 1. The molecule has 11 heteroatoms. The highest BCUT2D eigenvalue weighted by Gasteiger charge is 2.70. The predicted molar refractivity (Wildman–Crippen MR) is 124 cm³/mol. The Morgan fingerprint density at radius 1 is 1.15 bits per heavy atom. The number of piperidine rings is 1. The van der Waals surface area contributed by atoms with E-state index in [1.807, 2.05) is 18.2 Å². The van der Waals surface area contributed by atoms with Crippen molar-refractivity contribution in [3.05, 3.63) is 76.4 Å². The summed E-state index contributed by atoms with van der Waals surface area (Å²) < 4.78 is 29.1. The third kappa shape index (κ3) is 3.73. The number of pyridine rings is 1. The van der Waals surface area contributed by atoms with Crippen molar-refractivity contribution in [2.75, 3.05) is 19.6 Å². The summed E-state index contributed by atoms with van der Waals surface area (Å²) in [5.74, 6) is -0.188. The van der Waals surface area contributed by atoms with Crippen molar-refractivity contribution in [1.29, 1.82) is 0 Å². The minimum atomic E-state index is -3.67. The lowest BCUT2D eigenvalue weighted by Crippen LogP contribution is -2.41. The number of fused-ring (bicyclic) bond motifs is 1. The maximum atomic E-state index is 13.0. The second kappa shape index (κ2) is 8.09. The summed E-state index contributed by atoms with van der Waals surface area (Å²) in [5.41, 5.74) is 0.832. The molecule has 2 aliphatic rings. The SMILES string of the molecule is Cn1cnc(S(=O)(=O)N2CC3C(C2)C3(CNC(=O)c2ccc(Cl)c(Cl)c2)c2ccccn2)c1. The van der Waals surface area contributed by atoms with Gasteiger partial charge >= 0.3 is 0 Å². The Kier molecular flexibility index (Phi) is 5.48. The maximum absolute atomic E-state index is 13.0. The number of hydrogen-bond acceptors (Lipinski definition) is 5. The van der Waals surface area contributed by atoms with Gasteiger partial charge in [0.2, 0.25) is 0 Å². The molecule has 3 aromatic rings. The molecular weight excluding hydrogens is 485 g/mol. The zero-order valence-corrected chi connectivity index (χ0v) is 20.0. The van der Waals surface area contributed by atoms with Crippen molar-refractivity contribution in [3.63, 3.8) is 0 Å². The van der Waals surface area contributed by atoms with E-state index in [4.69, 9.17) is 23.2 Å². The van der Waals surface area contributed by atoms with Crippen molar-refractivity contribution >= 4 is 39.1 Å². The van der Waals surface area contributed by atoms with E-state index >= 15 is 0 Å². The molecule has 1 aromatic carbocycles. The number of rotatable bonds is 6. The second-order valence-electron chi connectivity index (χ2n) is 8.48. The highest BCUT2D eigenvalue weighted by Crippen LogP contribution is 2.63. The summed E-state index contributed by atoms with van der Waals surface area (Å²) in [6.45, 7) is 1.04. The first kappa shape index (κ1) is 22.3. The van der Waals surface area contributed by atoms with Crippen LogP contribution in [0.4, 0.5) is 0 Å². The number of nitrogens with zero attached hydrogens (tertiary/aromatic N) is 4. The second-order valence-corrected chi connectivity index (χ2v) is 11.2. The quantitative estimate of drug-likeness (QED) is 0.555. The van der Waals surface area contributed by atoms with Crippen LogP contribution in [-0.4, -0.2) is 52.8 Å². The Bertz CT molecular complexity index is 1320. The summed E-state index contributed by atoms with van der Waals surface area (Å²) >= 11 is 12.0. The van der Waals surface area contributed by atoms with Gasteiger partial charge in [0.25, 0.3) is 15.9 Å². The molecule has 33 heavy (non-hydrogen) atoms. The van der Waals surface area contributed by atoms with E-state index < -0.39 is 15.4 Å². The minimum Gasteiger partial charge on any atom is -0.351 e. The summed E-state index contributed by atoms with van der Waals surface area (Å²) in [6.07, 6.45) is 4.69. The van der Waals surface area contributed by atoms with E-state index in [-0.39, 0.29) is 22.8 Å². The van der Waals surface area contributed by atoms with Gasteiger partial charge in [0.15, 0.2) is 5.03 Å². The average Bonchev–Trinajstić information content (AvgIpc) is 3.15. The Labute approximate surface area is 201 Å². The molecule has 2 unspecified atom stereocenters. The smallest absolute Gasteiger partial charge is 0.262 e. The number of halogens is 2. The van der Waals surface area contributed by atoms with Gasteiger partial charge in [-0.05, 0) is 42.2 Å². The van der Waals surface area contributed by atoms with Crippen LogP contribution in [0.25, 0.3) is 0 Å². The number of carbonyl (C=O) groups is 1. The van der Waals surface area contributed by atoms with Crippen molar-refractivity contribution in [2.45, 2.75) is 10.4 Å². The first-order chi connectivity index (χ1) is 15.7. The first-order valence-corrected chi connectivity index (χ1v) is 12.6. The molecule has 0 radical (unpaired) electrons. The van der Waals surface area contributed by atoms with E-state index in [0.29, 0.717) is 35.2 Å². The van der Waals surface area contributed by atoms with Gasteiger partial charge < -0.3 is 9.88 Å². The Morgan fingerprint density at radius 2 is 1.91 bits per heavy atom. The summed E-state index contributed by atoms with van der Waals surface area (Å²) in [7, 11) is -1.94. The van der Waals surface area contributed by atoms with Crippen molar-refractivity contribution in [1.82, 2.24) is 24.2 Å².